The molecule has 0 unspecified atom stereocenters. The van der Waals surface area contributed by atoms with Gasteiger partial charge in [-0.3, -0.25) is 4.79 Å². The van der Waals surface area contributed by atoms with E-state index < -0.39 is 5.97 Å². The lowest BCUT2D eigenvalue weighted by Crippen LogP contribution is -1.99. The van der Waals surface area contributed by atoms with Crippen LogP contribution in [0.3, 0.4) is 0 Å². The second-order valence-corrected chi connectivity index (χ2v) is 5.36. The lowest BCUT2D eigenvalue weighted by molar-refractivity contribution is -0.137. The van der Waals surface area contributed by atoms with E-state index in [1.165, 1.54) is 11.1 Å². The lowest BCUT2D eigenvalue weighted by Gasteiger charge is -2.07. The number of ether oxygens (including phenoxy) is 1. The fourth-order valence-corrected chi connectivity index (χ4v) is 2.28. The van der Waals surface area contributed by atoms with Gasteiger partial charge in [-0.15, -0.1) is 0 Å². The van der Waals surface area contributed by atoms with Crippen molar-refractivity contribution in [1.82, 2.24) is 0 Å². The van der Waals surface area contributed by atoms with E-state index in [2.05, 4.69) is 36.4 Å². The van der Waals surface area contributed by atoms with Crippen LogP contribution in [0.1, 0.15) is 36.8 Å². The summed E-state index contributed by atoms with van der Waals surface area (Å²) in [5.74, 6) is 0.143. The predicted molar refractivity (Wildman–Crippen MR) is 87.3 cm³/mol. The molecule has 0 saturated heterocycles. The molecule has 0 heterocycles. The van der Waals surface area contributed by atoms with Crippen molar-refractivity contribution < 1.29 is 14.6 Å². The van der Waals surface area contributed by atoms with Gasteiger partial charge in [-0.05, 0) is 48.9 Å². The Balaban J connectivity index is 1.69. The van der Waals surface area contributed by atoms with Gasteiger partial charge in [0, 0.05) is 6.42 Å². The van der Waals surface area contributed by atoms with Crippen LogP contribution >= 0.6 is 0 Å². The summed E-state index contributed by atoms with van der Waals surface area (Å²) in [6, 6.07) is 18.6. The molecule has 0 bridgehead atoms. The summed E-state index contributed by atoms with van der Waals surface area (Å²) in [6.45, 7) is 0.637. The molecular formula is C19H22O3. The molecule has 2 rings (SSSR count). The molecule has 2 aromatic carbocycles. The van der Waals surface area contributed by atoms with Crippen LogP contribution in [0.4, 0.5) is 0 Å². The van der Waals surface area contributed by atoms with Crippen molar-refractivity contribution in [1.29, 1.82) is 0 Å². The zero-order valence-electron chi connectivity index (χ0n) is 12.7. The molecule has 0 radical (unpaired) electrons. The monoisotopic (exact) mass is 298 g/mol. The average molecular weight is 298 g/mol. The number of rotatable bonds is 9. The zero-order chi connectivity index (χ0) is 15.6. The third-order valence-electron chi connectivity index (χ3n) is 3.48. The number of benzene rings is 2. The first-order valence-electron chi connectivity index (χ1n) is 7.71. The smallest absolute Gasteiger partial charge is 0.303 e. The van der Waals surface area contributed by atoms with Crippen LogP contribution < -0.4 is 4.74 Å². The molecule has 116 valence electrons. The normalized spacial score (nSPS) is 10.4. The van der Waals surface area contributed by atoms with E-state index in [9.17, 15) is 4.79 Å². The summed E-state index contributed by atoms with van der Waals surface area (Å²) < 4.78 is 5.67. The Kier molecular flexibility index (Phi) is 6.49. The third kappa shape index (κ3) is 6.00. The molecule has 0 aromatic heterocycles. The van der Waals surface area contributed by atoms with Crippen LogP contribution in [-0.4, -0.2) is 17.7 Å². The summed E-state index contributed by atoms with van der Waals surface area (Å²) in [5, 5.41) is 8.55. The topological polar surface area (TPSA) is 46.5 Å². The van der Waals surface area contributed by atoms with E-state index in [0.717, 1.165) is 25.0 Å². The Hall–Kier alpha value is -2.29. The summed E-state index contributed by atoms with van der Waals surface area (Å²) in [6.07, 6.45) is 3.66. The molecule has 0 saturated carbocycles. The number of carbonyl (C=O) groups is 1. The van der Waals surface area contributed by atoms with E-state index in [1.807, 2.05) is 18.2 Å². The molecule has 2 aromatic rings. The molecule has 0 aliphatic heterocycles. The molecule has 0 fully saturated rings. The minimum absolute atomic E-state index is 0.244. The van der Waals surface area contributed by atoms with Crippen molar-refractivity contribution in [2.45, 2.75) is 32.1 Å². The van der Waals surface area contributed by atoms with E-state index in [-0.39, 0.29) is 6.42 Å². The minimum atomic E-state index is -0.727. The van der Waals surface area contributed by atoms with Crippen LogP contribution in [0.2, 0.25) is 0 Å². The molecular weight excluding hydrogens is 276 g/mol. The van der Waals surface area contributed by atoms with E-state index in [1.54, 1.807) is 0 Å². The van der Waals surface area contributed by atoms with Gasteiger partial charge in [0.25, 0.3) is 0 Å². The van der Waals surface area contributed by atoms with Crippen molar-refractivity contribution in [3.63, 3.8) is 0 Å². The second-order valence-electron chi connectivity index (χ2n) is 5.36. The number of hydrogen-bond acceptors (Lipinski definition) is 2. The SMILES string of the molecule is O=C(O)CCCCCOc1ccc(Cc2ccccc2)cc1. The van der Waals surface area contributed by atoms with Gasteiger partial charge >= 0.3 is 5.97 Å². The largest absolute Gasteiger partial charge is 0.494 e. The Bertz CT molecular complexity index is 561. The maximum atomic E-state index is 10.4. The maximum absolute atomic E-state index is 10.4. The predicted octanol–water partition coefficient (Wildman–Crippen LogP) is 4.30. The van der Waals surface area contributed by atoms with Crippen LogP contribution in [0, 0.1) is 0 Å². The molecule has 22 heavy (non-hydrogen) atoms. The van der Waals surface area contributed by atoms with E-state index >= 15 is 0 Å². The van der Waals surface area contributed by atoms with Crippen molar-refractivity contribution in [2.24, 2.45) is 0 Å². The zero-order valence-corrected chi connectivity index (χ0v) is 12.7. The maximum Gasteiger partial charge on any atom is 0.303 e. The summed E-state index contributed by atoms with van der Waals surface area (Å²) in [5.41, 5.74) is 2.56. The fraction of sp³-hybridized carbons (Fsp3) is 0.316. The van der Waals surface area contributed by atoms with Gasteiger partial charge in [0.15, 0.2) is 0 Å². The highest BCUT2D eigenvalue weighted by Crippen LogP contribution is 2.15. The lowest BCUT2D eigenvalue weighted by atomic mass is 10.1. The number of carboxylic acids is 1. The van der Waals surface area contributed by atoms with Crippen LogP contribution in [-0.2, 0) is 11.2 Å². The molecule has 3 nitrogen and oxygen atoms in total. The Morgan fingerprint density at radius 3 is 2.23 bits per heavy atom. The van der Waals surface area contributed by atoms with Crippen molar-refractivity contribution in [2.75, 3.05) is 6.61 Å². The quantitative estimate of drug-likeness (QED) is 0.702. The summed E-state index contributed by atoms with van der Waals surface area (Å²) in [4.78, 5) is 10.4. The van der Waals surface area contributed by atoms with Gasteiger partial charge in [-0.25, -0.2) is 0 Å². The highest BCUT2D eigenvalue weighted by Gasteiger charge is 1.99. The average Bonchev–Trinajstić information content (AvgIpc) is 2.53. The molecule has 0 amide bonds. The number of aliphatic carboxylic acids is 1. The minimum Gasteiger partial charge on any atom is -0.494 e. The second kappa shape index (κ2) is 8.88. The number of unbranched alkanes of at least 4 members (excludes halogenated alkanes) is 2. The van der Waals surface area contributed by atoms with Gasteiger partial charge < -0.3 is 9.84 Å². The van der Waals surface area contributed by atoms with Gasteiger partial charge in [-0.2, -0.15) is 0 Å². The highest BCUT2D eigenvalue weighted by atomic mass is 16.5. The first-order valence-corrected chi connectivity index (χ1v) is 7.71. The van der Waals surface area contributed by atoms with E-state index in [4.69, 9.17) is 9.84 Å². The number of hydrogen-bond donors (Lipinski definition) is 1. The molecule has 0 atom stereocenters. The first-order chi connectivity index (χ1) is 10.7. The van der Waals surface area contributed by atoms with E-state index in [0.29, 0.717) is 13.0 Å². The van der Waals surface area contributed by atoms with Crippen molar-refractivity contribution >= 4 is 5.97 Å². The molecule has 0 aliphatic carbocycles. The van der Waals surface area contributed by atoms with Crippen LogP contribution in [0.15, 0.2) is 54.6 Å². The van der Waals surface area contributed by atoms with Gasteiger partial charge in [-0.1, -0.05) is 42.5 Å². The van der Waals surface area contributed by atoms with Gasteiger partial charge in [0.1, 0.15) is 5.75 Å². The van der Waals surface area contributed by atoms with Crippen molar-refractivity contribution in [3.05, 3.63) is 65.7 Å². The first kappa shape index (κ1) is 16.1. The fourth-order valence-electron chi connectivity index (χ4n) is 2.28. The Labute approximate surface area is 131 Å². The number of carboxylic acid groups (broad SMARTS) is 1. The standard InChI is InChI=1S/C19H22O3/c20-19(21)9-5-2-6-14-22-18-12-10-17(11-13-18)15-16-7-3-1-4-8-16/h1,3-4,7-8,10-13H,2,5-6,9,14-15H2,(H,20,21). The Morgan fingerprint density at radius 2 is 1.55 bits per heavy atom. The molecule has 0 aliphatic rings. The van der Waals surface area contributed by atoms with Gasteiger partial charge in [0.2, 0.25) is 0 Å². The van der Waals surface area contributed by atoms with Gasteiger partial charge in [0.05, 0.1) is 6.61 Å². The van der Waals surface area contributed by atoms with Crippen LogP contribution in [0.5, 0.6) is 5.75 Å². The third-order valence-corrected chi connectivity index (χ3v) is 3.48. The molecule has 3 heteroatoms. The summed E-state index contributed by atoms with van der Waals surface area (Å²) >= 11 is 0. The molecule has 1 N–H and O–H groups in total. The molecule has 0 spiro atoms. The summed E-state index contributed by atoms with van der Waals surface area (Å²) in [7, 11) is 0. The van der Waals surface area contributed by atoms with Crippen molar-refractivity contribution in [3.8, 4) is 5.75 Å². The highest BCUT2D eigenvalue weighted by molar-refractivity contribution is 5.66. The van der Waals surface area contributed by atoms with Crippen LogP contribution in [0.25, 0.3) is 0 Å². The Morgan fingerprint density at radius 1 is 0.864 bits per heavy atom.